The zero-order valence-corrected chi connectivity index (χ0v) is 28.7. The summed E-state index contributed by atoms with van der Waals surface area (Å²) in [5, 5.41) is 24.5. The largest absolute Gasteiger partial charge is 0.389 e. The molecule has 4 aliphatic carbocycles. The molecule has 4 fully saturated rings. The summed E-state index contributed by atoms with van der Waals surface area (Å²) in [7, 11) is 0. The molecule has 1 saturated heterocycles. The smallest absolute Gasteiger partial charge is 0.171 e. The lowest BCUT2D eigenvalue weighted by Gasteiger charge is -2.58. The third-order valence-electron chi connectivity index (χ3n) is 12.7. The van der Waals surface area contributed by atoms with E-state index in [1.807, 2.05) is 0 Å². The number of rotatable bonds is 5. The van der Waals surface area contributed by atoms with Gasteiger partial charge in [0.25, 0.3) is 0 Å². The number of fused-ring (bicyclic) bond motifs is 4. The minimum Gasteiger partial charge on any atom is -0.389 e. The summed E-state index contributed by atoms with van der Waals surface area (Å²) >= 11 is 1.76. The van der Waals surface area contributed by atoms with Gasteiger partial charge in [0.2, 0.25) is 0 Å². The minimum absolute atomic E-state index is 0.00191. The van der Waals surface area contributed by atoms with E-state index in [0.29, 0.717) is 31.5 Å². The van der Waals surface area contributed by atoms with Crippen molar-refractivity contribution in [1.29, 1.82) is 0 Å². The van der Waals surface area contributed by atoms with E-state index in [1.54, 1.807) is 11.8 Å². The molecule has 0 bridgehead atoms. The maximum Gasteiger partial charge on any atom is 0.171 e. The molecular weight excluding hydrogens is 577 g/mol. The van der Waals surface area contributed by atoms with Gasteiger partial charge in [0.15, 0.2) is 5.79 Å². The molecule has 2 aromatic carbocycles. The van der Waals surface area contributed by atoms with E-state index in [0.717, 1.165) is 51.4 Å². The van der Waals surface area contributed by atoms with Crippen molar-refractivity contribution in [2.24, 2.45) is 22.7 Å². The van der Waals surface area contributed by atoms with Crippen molar-refractivity contribution >= 4 is 23.9 Å². The molecule has 0 amide bonds. The van der Waals surface area contributed by atoms with Crippen LogP contribution in [0.3, 0.4) is 0 Å². The number of hydrogen-bond acceptors (Lipinski definition) is 5. The van der Waals surface area contributed by atoms with Crippen LogP contribution in [0.4, 0.5) is 0 Å². The Morgan fingerprint density at radius 3 is 2.13 bits per heavy atom. The zero-order valence-electron chi connectivity index (χ0n) is 27.9. The second-order valence-corrected chi connectivity index (χ2v) is 16.8. The van der Waals surface area contributed by atoms with Crippen LogP contribution in [0.25, 0.3) is 12.2 Å². The predicted molar refractivity (Wildman–Crippen MR) is 184 cm³/mol. The highest BCUT2D eigenvalue weighted by Crippen LogP contribution is 2.68. The monoisotopic (exact) mass is 628 g/mol. The first-order valence-electron chi connectivity index (χ1n) is 17.3. The van der Waals surface area contributed by atoms with Crippen LogP contribution in [0.5, 0.6) is 0 Å². The lowest BCUT2D eigenvalue weighted by molar-refractivity contribution is -0.322. The van der Waals surface area contributed by atoms with Crippen LogP contribution in [0.15, 0.2) is 64.6 Å². The predicted octanol–water partition coefficient (Wildman–Crippen LogP) is 9.01. The average Bonchev–Trinajstić information content (AvgIpc) is 3.31. The third-order valence-corrected chi connectivity index (χ3v) is 13.4. The second kappa shape index (κ2) is 11.4. The summed E-state index contributed by atoms with van der Waals surface area (Å²) in [6, 6.07) is 17.8. The van der Waals surface area contributed by atoms with Crippen LogP contribution in [-0.4, -0.2) is 46.7 Å². The molecule has 1 spiro atoms. The van der Waals surface area contributed by atoms with Gasteiger partial charge in [0.05, 0.1) is 24.4 Å². The summed E-state index contributed by atoms with van der Waals surface area (Å²) in [5.41, 5.74) is 4.76. The molecule has 6 atom stereocenters. The summed E-state index contributed by atoms with van der Waals surface area (Å²) < 4.78 is 12.9. The number of aliphatic hydroxyl groups is 2. The van der Waals surface area contributed by atoms with E-state index < -0.39 is 17.0 Å². The lowest BCUT2D eigenvalue weighted by atomic mass is 9.49. The van der Waals surface area contributed by atoms with Crippen LogP contribution in [0.1, 0.15) is 108 Å². The van der Waals surface area contributed by atoms with Crippen molar-refractivity contribution < 1.29 is 19.7 Å². The molecular formula is C40H52O4S. The molecule has 2 aromatic rings. The zero-order chi connectivity index (χ0) is 31.7. The van der Waals surface area contributed by atoms with Crippen LogP contribution in [0.2, 0.25) is 0 Å². The van der Waals surface area contributed by atoms with E-state index >= 15 is 0 Å². The first-order chi connectivity index (χ1) is 21.4. The van der Waals surface area contributed by atoms with Gasteiger partial charge in [-0.15, -0.1) is 11.8 Å². The fourth-order valence-electron chi connectivity index (χ4n) is 9.97. The molecule has 45 heavy (non-hydrogen) atoms. The van der Waals surface area contributed by atoms with Crippen molar-refractivity contribution in [3.8, 4) is 0 Å². The topological polar surface area (TPSA) is 58.9 Å². The summed E-state index contributed by atoms with van der Waals surface area (Å²) in [6.07, 6.45) is 14.0. The highest BCUT2D eigenvalue weighted by molar-refractivity contribution is 7.98. The first-order valence-corrected chi connectivity index (χ1v) is 18.5. The molecule has 6 unspecified atom stereocenters. The van der Waals surface area contributed by atoms with Crippen molar-refractivity contribution in [3.63, 3.8) is 0 Å². The van der Waals surface area contributed by atoms with Gasteiger partial charge in [-0.2, -0.15) is 0 Å². The van der Waals surface area contributed by atoms with Gasteiger partial charge < -0.3 is 19.7 Å². The standard InChI is InChI=1S/C40H52O4S/c1-6-39(42)21-18-33-31-17-20-38(41)24-40(43-25-36(2,3)26-44-40)22-19-34(38)35(31)32(23-37(33,39)4)29-13-9-27(10-14-29)7-8-28-11-15-30(45-5)16-12-28/h7-16,31-33,41-42H,6,17-26H2,1-5H3/b8-7+. The van der Waals surface area contributed by atoms with E-state index in [2.05, 4.69) is 94.6 Å². The maximum absolute atomic E-state index is 12.5. The van der Waals surface area contributed by atoms with Crippen molar-refractivity contribution in [1.82, 2.24) is 0 Å². The number of thioether (sulfide) groups is 1. The van der Waals surface area contributed by atoms with E-state index in [4.69, 9.17) is 9.47 Å². The Bertz CT molecular complexity index is 1460. The van der Waals surface area contributed by atoms with Gasteiger partial charge in [-0.05, 0) is 97.4 Å². The molecule has 3 saturated carbocycles. The number of benzene rings is 2. The number of hydrogen-bond donors (Lipinski definition) is 2. The molecule has 2 N–H and O–H groups in total. The van der Waals surface area contributed by atoms with Crippen LogP contribution in [0, 0.1) is 22.7 Å². The first kappa shape index (κ1) is 31.7. The minimum atomic E-state index is -0.897. The molecule has 242 valence electrons. The Morgan fingerprint density at radius 2 is 1.51 bits per heavy atom. The normalized spacial score (nSPS) is 37.0. The fourth-order valence-corrected chi connectivity index (χ4v) is 10.4. The Hall–Kier alpha value is -1.89. The van der Waals surface area contributed by atoms with Gasteiger partial charge in [-0.3, -0.25) is 0 Å². The Labute approximate surface area is 274 Å². The molecule has 1 aliphatic heterocycles. The van der Waals surface area contributed by atoms with Gasteiger partial charge in [0.1, 0.15) is 0 Å². The maximum atomic E-state index is 12.5. The molecule has 0 radical (unpaired) electrons. The molecule has 0 aromatic heterocycles. The summed E-state index contributed by atoms with van der Waals surface area (Å²) in [6.45, 7) is 10.2. The highest BCUT2D eigenvalue weighted by atomic mass is 32.2. The molecule has 1 heterocycles. The van der Waals surface area contributed by atoms with Crippen molar-refractivity contribution in [2.75, 3.05) is 19.5 Å². The number of allylic oxidation sites excluding steroid dienone is 1. The highest BCUT2D eigenvalue weighted by Gasteiger charge is 2.64. The van der Waals surface area contributed by atoms with Crippen LogP contribution < -0.4 is 0 Å². The SMILES string of the molecule is CCC1(O)CCC2C3CCC4(O)CC5(CCC4=C3C(c3ccc(/C=C/c4ccc(SC)cc4)cc3)CC21C)OCC(C)(C)CO5. The average molecular weight is 629 g/mol. The Kier molecular flexibility index (Phi) is 8.01. The molecule has 5 aliphatic rings. The van der Waals surface area contributed by atoms with Crippen molar-refractivity contribution in [3.05, 3.63) is 76.4 Å². The van der Waals surface area contributed by atoms with Crippen LogP contribution >= 0.6 is 11.8 Å². The van der Waals surface area contributed by atoms with Gasteiger partial charge in [0, 0.05) is 34.5 Å². The second-order valence-electron chi connectivity index (χ2n) is 15.9. The quantitative estimate of drug-likeness (QED) is 0.197. The lowest BCUT2D eigenvalue weighted by Crippen LogP contribution is -2.58. The molecule has 7 rings (SSSR count). The summed E-state index contributed by atoms with van der Waals surface area (Å²) in [5.74, 6) is 0.353. The van der Waals surface area contributed by atoms with E-state index in [1.165, 1.54) is 32.7 Å². The van der Waals surface area contributed by atoms with Gasteiger partial charge in [-0.1, -0.05) is 81.8 Å². The molecule has 5 heteroatoms. The van der Waals surface area contributed by atoms with E-state index in [9.17, 15) is 10.2 Å². The van der Waals surface area contributed by atoms with Crippen LogP contribution in [-0.2, 0) is 9.47 Å². The number of ether oxygens (including phenoxy) is 2. The molecule has 4 nitrogen and oxygen atoms in total. The van der Waals surface area contributed by atoms with Crippen molar-refractivity contribution in [2.45, 2.75) is 113 Å². The van der Waals surface area contributed by atoms with Gasteiger partial charge >= 0.3 is 0 Å². The Morgan fingerprint density at radius 1 is 0.867 bits per heavy atom. The van der Waals surface area contributed by atoms with Gasteiger partial charge in [-0.25, -0.2) is 0 Å². The fraction of sp³-hybridized carbons (Fsp3) is 0.600. The third kappa shape index (κ3) is 5.39. The van der Waals surface area contributed by atoms with E-state index in [-0.39, 0.29) is 16.7 Å². The summed E-state index contributed by atoms with van der Waals surface area (Å²) in [4.78, 5) is 1.27. The Balaban J connectivity index is 1.23.